The number of aryl methyl sites for hydroxylation is 1. The topological polar surface area (TPSA) is 49.7 Å². The van der Waals surface area contributed by atoms with E-state index in [0.717, 1.165) is 18.4 Å². The van der Waals surface area contributed by atoms with Gasteiger partial charge in [-0.2, -0.15) is 0 Å². The van der Waals surface area contributed by atoms with Crippen LogP contribution in [-0.2, 0) is 4.52 Å². The van der Waals surface area contributed by atoms with Crippen LogP contribution in [0.3, 0.4) is 0 Å². The molecule has 0 saturated heterocycles. The van der Waals surface area contributed by atoms with Crippen LogP contribution in [0.25, 0.3) is 0 Å². The molecular weight excluding hydrogens is 223 g/mol. The fourth-order valence-electron chi connectivity index (χ4n) is 1.61. The Hall–Kier alpha value is -0.470. The van der Waals surface area contributed by atoms with Crippen LogP contribution in [-0.4, -0.2) is 23.1 Å². The van der Waals surface area contributed by atoms with E-state index in [1.165, 1.54) is 7.11 Å². The fraction of sp³-hybridized carbons (Fsp3) is 0.500. The molecule has 0 amide bonds. The average molecular weight is 244 g/mol. The number of hydrogen-bond acceptors (Lipinski definition) is 3. The van der Waals surface area contributed by atoms with E-state index in [1.54, 1.807) is 12.1 Å². The van der Waals surface area contributed by atoms with Gasteiger partial charge in [0.1, 0.15) is 0 Å². The Balaban J connectivity index is 3.07. The Morgan fingerprint density at radius 2 is 1.75 bits per heavy atom. The Kier molecular flexibility index (Phi) is 4.08. The molecule has 0 fully saturated rings. The van der Waals surface area contributed by atoms with Gasteiger partial charge in [-0.25, -0.2) is 0 Å². The molecule has 0 aromatic heterocycles. The van der Waals surface area contributed by atoms with Crippen LogP contribution < -0.4 is 5.30 Å². The molecule has 0 unspecified atom stereocenters. The van der Waals surface area contributed by atoms with Crippen molar-refractivity contribution < 1.29 is 14.3 Å². The summed E-state index contributed by atoms with van der Waals surface area (Å²) in [5, 5.41) is 0.507. The van der Waals surface area contributed by atoms with E-state index >= 15 is 0 Å². The summed E-state index contributed by atoms with van der Waals surface area (Å²) in [6.45, 7) is 3.98. The molecule has 2 N–H and O–H groups in total. The van der Waals surface area contributed by atoms with Crippen LogP contribution in [0.2, 0.25) is 0 Å². The number of hydrogen-bond donors (Lipinski definition) is 2. The first-order valence-corrected chi connectivity index (χ1v) is 7.80. The van der Waals surface area contributed by atoms with Gasteiger partial charge in [0, 0.05) is 0 Å². The van der Waals surface area contributed by atoms with Gasteiger partial charge in [0.25, 0.3) is 0 Å². The molecule has 0 bridgehead atoms. The van der Waals surface area contributed by atoms with Crippen molar-refractivity contribution in [1.82, 2.24) is 0 Å². The molecule has 4 heteroatoms. The monoisotopic (exact) mass is 244 g/mol. The van der Waals surface area contributed by atoms with Crippen molar-refractivity contribution in [1.29, 1.82) is 0 Å². The molecule has 1 rings (SSSR count). The molecule has 1 aromatic rings. The normalized spacial score (nSPS) is 14.4. The van der Waals surface area contributed by atoms with Gasteiger partial charge in [0.05, 0.1) is 0 Å². The average Bonchev–Trinajstić information content (AvgIpc) is 2.28. The van der Waals surface area contributed by atoms with E-state index in [-0.39, 0.29) is 0 Å². The second-order valence-electron chi connectivity index (χ2n) is 4.21. The zero-order valence-corrected chi connectivity index (χ0v) is 11.1. The zero-order chi connectivity index (χ0) is 12.3. The molecule has 0 aliphatic heterocycles. The molecule has 1 aromatic carbocycles. The molecule has 0 spiro atoms. The van der Waals surface area contributed by atoms with Crippen molar-refractivity contribution in [2.45, 2.75) is 26.7 Å². The van der Waals surface area contributed by atoms with Gasteiger partial charge in [-0.15, -0.1) is 0 Å². The standard InChI is InChI=1S/C12H21O3P/c1-4-5-10-16(13,14,15-3)12-8-6-11(2)7-9-12/h6-9,13-14H,4-5,10H2,1-3H3. The third-order valence-corrected chi connectivity index (χ3v) is 6.08. The van der Waals surface area contributed by atoms with Gasteiger partial charge in [-0.3, -0.25) is 0 Å². The van der Waals surface area contributed by atoms with Crippen molar-refractivity contribution in [3.05, 3.63) is 29.8 Å². The van der Waals surface area contributed by atoms with Crippen LogP contribution in [0.4, 0.5) is 0 Å². The van der Waals surface area contributed by atoms with E-state index in [2.05, 4.69) is 0 Å². The molecular formula is C12H21O3P. The molecule has 0 aliphatic rings. The third kappa shape index (κ3) is 2.80. The molecule has 16 heavy (non-hydrogen) atoms. The summed E-state index contributed by atoms with van der Waals surface area (Å²) in [5.74, 6) is 0. The van der Waals surface area contributed by atoms with E-state index in [4.69, 9.17) is 4.52 Å². The summed E-state index contributed by atoms with van der Waals surface area (Å²) in [6, 6.07) is 7.22. The SMILES string of the molecule is CCCCP(O)(O)(OC)c1ccc(C)cc1. The summed E-state index contributed by atoms with van der Waals surface area (Å²) in [4.78, 5) is 20.9. The minimum absolute atomic E-state index is 0.293. The summed E-state index contributed by atoms with van der Waals surface area (Å²) in [7, 11) is -2.75. The molecule has 0 aliphatic carbocycles. The van der Waals surface area contributed by atoms with E-state index < -0.39 is 7.28 Å². The number of benzene rings is 1. The van der Waals surface area contributed by atoms with Crippen molar-refractivity contribution in [2.24, 2.45) is 0 Å². The van der Waals surface area contributed by atoms with E-state index in [9.17, 15) is 9.79 Å². The number of rotatable bonds is 5. The second kappa shape index (κ2) is 4.80. The predicted octanol–water partition coefficient (Wildman–Crippen LogP) is 2.35. The van der Waals surface area contributed by atoms with Gasteiger partial charge in [-0.05, 0) is 0 Å². The summed E-state index contributed by atoms with van der Waals surface area (Å²) >= 11 is 0. The first-order valence-electron chi connectivity index (χ1n) is 5.56. The maximum absolute atomic E-state index is 10.4. The van der Waals surface area contributed by atoms with Crippen molar-refractivity contribution >= 4 is 12.6 Å². The van der Waals surface area contributed by atoms with Gasteiger partial charge in [-0.1, -0.05) is 0 Å². The van der Waals surface area contributed by atoms with Crippen molar-refractivity contribution in [3.63, 3.8) is 0 Å². The van der Waals surface area contributed by atoms with Crippen LogP contribution in [0, 0.1) is 6.92 Å². The van der Waals surface area contributed by atoms with Crippen LogP contribution in [0.15, 0.2) is 24.3 Å². The second-order valence-corrected chi connectivity index (χ2v) is 7.77. The molecule has 92 valence electrons. The zero-order valence-electron chi connectivity index (χ0n) is 10.2. The quantitative estimate of drug-likeness (QED) is 0.782. The van der Waals surface area contributed by atoms with Gasteiger partial charge < -0.3 is 0 Å². The molecule has 0 atom stereocenters. The van der Waals surface area contributed by atoms with Crippen LogP contribution in [0.1, 0.15) is 25.3 Å². The predicted molar refractivity (Wildman–Crippen MR) is 69.0 cm³/mol. The van der Waals surface area contributed by atoms with Crippen molar-refractivity contribution in [2.75, 3.05) is 13.3 Å². The molecule has 0 radical (unpaired) electrons. The van der Waals surface area contributed by atoms with E-state index in [1.807, 2.05) is 26.0 Å². The Morgan fingerprint density at radius 3 is 2.19 bits per heavy atom. The fourth-order valence-corrected chi connectivity index (χ4v) is 3.90. The van der Waals surface area contributed by atoms with Crippen LogP contribution in [0.5, 0.6) is 0 Å². The summed E-state index contributed by atoms with van der Waals surface area (Å²) in [6.07, 6.45) is 1.95. The van der Waals surface area contributed by atoms with Crippen LogP contribution >= 0.6 is 7.28 Å². The van der Waals surface area contributed by atoms with E-state index in [0.29, 0.717) is 11.5 Å². The molecule has 3 nitrogen and oxygen atoms in total. The third-order valence-electron chi connectivity index (χ3n) is 2.85. The summed E-state index contributed by atoms with van der Waals surface area (Å²) < 4.78 is 5.09. The van der Waals surface area contributed by atoms with Gasteiger partial charge >= 0.3 is 96.7 Å². The number of unbranched alkanes of at least 4 members (excludes halogenated alkanes) is 1. The first-order chi connectivity index (χ1) is 7.41. The van der Waals surface area contributed by atoms with Crippen molar-refractivity contribution in [3.8, 4) is 0 Å². The molecule has 0 saturated carbocycles. The summed E-state index contributed by atoms with van der Waals surface area (Å²) in [5.41, 5.74) is 1.09. The van der Waals surface area contributed by atoms with Gasteiger partial charge in [0.2, 0.25) is 0 Å². The maximum atomic E-state index is 10.4. The first kappa shape index (κ1) is 13.6. The molecule has 0 heterocycles. The Morgan fingerprint density at radius 1 is 1.19 bits per heavy atom. The minimum atomic E-state index is -4.12. The van der Waals surface area contributed by atoms with Gasteiger partial charge in [0.15, 0.2) is 0 Å². The Bertz CT molecular complexity index is 346. The Labute approximate surface area is 97.3 Å².